The summed E-state index contributed by atoms with van der Waals surface area (Å²) >= 11 is 0. The van der Waals surface area contributed by atoms with Crippen LogP contribution in [0.15, 0.2) is 24.3 Å². The first-order valence-corrected chi connectivity index (χ1v) is 16.4. The highest BCUT2D eigenvalue weighted by molar-refractivity contribution is 5.72. The number of likely N-dealkylation sites (N-methyl/N-ethyl adjacent to an activating group) is 1. The van der Waals surface area contributed by atoms with E-state index in [1.54, 1.807) is 0 Å². The lowest BCUT2D eigenvalue weighted by Crippen LogP contribution is -2.50. The highest BCUT2D eigenvalue weighted by Gasteiger charge is 2.31. The van der Waals surface area contributed by atoms with Crippen molar-refractivity contribution < 1.29 is 38.2 Å². The Morgan fingerprint density at radius 1 is 0.690 bits per heavy atom. The summed E-state index contributed by atoms with van der Waals surface area (Å²) in [6, 6.07) is -0.616. The van der Waals surface area contributed by atoms with E-state index in [9.17, 15) is 19.5 Å². The Morgan fingerprint density at radius 3 is 1.88 bits per heavy atom. The monoisotopic (exact) mass is 596 g/mol. The van der Waals surface area contributed by atoms with Crippen molar-refractivity contribution in [3.05, 3.63) is 24.3 Å². The number of allylic oxidation sites excluding steroid dienone is 4. The molecule has 0 aliphatic carbocycles. The number of nitrogens with zero attached hydrogens (tertiary/aromatic N) is 1. The number of esters is 2. The first kappa shape index (κ1) is 39.8. The van der Waals surface area contributed by atoms with E-state index in [4.69, 9.17) is 14.2 Å². The maximum absolute atomic E-state index is 12.4. The zero-order chi connectivity index (χ0) is 31.5. The SMILES string of the molecule is CCCC/C=C/CCCCCCCC(=O)OCC(COCCC(C(=O)O)[N+](C)(C)C)OC(=O)CC/C=C/CCCCC. The van der Waals surface area contributed by atoms with Crippen LogP contribution in [-0.4, -0.2) is 80.6 Å². The van der Waals surface area contributed by atoms with Gasteiger partial charge in [0.15, 0.2) is 12.1 Å². The van der Waals surface area contributed by atoms with Gasteiger partial charge in [0.25, 0.3) is 0 Å². The largest absolute Gasteiger partial charge is 0.477 e. The van der Waals surface area contributed by atoms with E-state index in [1.807, 2.05) is 27.2 Å². The second-order valence-corrected chi connectivity index (χ2v) is 12.1. The summed E-state index contributed by atoms with van der Waals surface area (Å²) < 4.78 is 17.0. The van der Waals surface area contributed by atoms with Crippen molar-refractivity contribution in [3.63, 3.8) is 0 Å². The van der Waals surface area contributed by atoms with Crippen molar-refractivity contribution in [1.29, 1.82) is 0 Å². The van der Waals surface area contributed by atoms with Crippen LogP contribution in [0.25, 0.3) is 0 Å². The van der Waals surface area contributed by atoms with E-state index in [2.05, 4.69) is 32.1 Å². The fraction of sp³-hybridized carbons (Fsp3) is 0.794. The average molecular weight is 597 g/mol. The molecule has 244 valence electrons. The molecule has 0 radical (unpaired) electrons. The molecule has 0 aliphatic rings. The molecule has 2 atom stereocenters. The number of carbonyl (C=O) groups is 3. The van der Waals surface area contributed by atoms with Crippen molar-refractivity contribution in [3.8, 4) is 0 Å². The number of carbonyl (C=O) groups excluding carboxylic acids is 2. The van der Waals surface area contributed by atoms with E-state index < -0.39 is 18.1 Å². The van der Waals surface area contributed by atoms with Gasteiger partial charge in [0, 0.05) is 19.3 Å². The highest BCUT2D eigenvalue weighted by atomic mass is 16.6. The number of hydrogen-bond donors (Lipinski definition) is 1. The summed E-state index contributed by atoms with van der Waals surface area (Å²) in [6.45, 7) is 4.55. The van der Waals surface area contributed by atoms with Crippen molar-refractivity contribution in [2.75, 3.05) is 41.0 Å². The molecule has 0 rings (SSSR count). The van der Waals surface area contributed by atoms with Crippen molar-refractivity contribution in [2.45, 2.75) is 135 Å². The van der Waals surface area contributed by atoms with Crippen LogP contribution in [0.3, 0.4) is 0 Å². The highest BCUT2D eigenvalue weighted by Crippen LogP contribution is 2.11. The molecule has 2 unspecified atom stereocenters. The van der Waals surface area contributed by atoms with E-state index in [1.165, 1.54) is 38.5 Å². The van der Waals surface area contributed by atoms with Crippen LogP contribution in [0.4, 0.5) is 0 Å². The normalized spacial score (nSPS) is 13.5. The molecule has 1 N–H and O–H groups in total. The molecule has 0 heterocycles. The minimum atomic E-state index is -0.884. The molecule has 0 aromatic carbocycles. The topological polar surface area (TPSA) is 99.1 Å². The van der Waals surface area contributed by atoms with Crippen LogP contribution in [-0.2, 0) is 28.6 Å². The molecule has 0 bridgehead atoms. The molecule has 0 aliphatic heterocycles. The fourth-order valence-corrected chi connectivity index (χ4v) is 4.44. The zero-order valence-corrected chi connectivity index (χ0v) is 27.5. The number of carboxylic acids is 1. The summed E-state index contributed by atoms with van der Waals surface area (Å²) in [4.78, 5) is 36.4. The lowest BCUT2D eigenvalue weighted by Gasteiger charge is -2.31. The molecule has 42 heavy (non-hydrogen) atoms. The van der Waals surface area contributed by atoms with E-state index in [0.717, 1.165) is 44.9 Å². The molecule has 0 saturated heterocycles. The first-order valence-electron chi connectivity index (χ1n) is 16.4. The van der Waals surface area contributed by atoms with Gasteiger partial charge in [-0.25, -0.2) is 4.79 Å². The lowest BCUT2D eigenvalue weighted by atomic mass is 10.1. The van der Waals surface area contributed by atoms with E-state index in [-0.39, 0.29) is 42.7 Å². The standard InChI is InChI=1S/C34H61NO7/c1-6-8-10-12-14-15-16-17-19-20-22-24-32(36)41-29-30(28-40-27-26-31(34(38)39)35(3,4)5)42-33(37)25-23-21-18-13-11-9-7-2/h12,14,18,21,30-31H,6-11,13,15-17,19-20,22-29H2,1-5H3/p+1/b14-12+,21-18+. The van der Waals surface area contributed by atoms with Gasteiger partial charge in [-0.15, -0.1) is 0 Å². The second kappa shape index (κ2) is 26.4. The quantitative estimate of drug-likeness (QED) is 0.0435. The number of carboxylic acid groups (broad SMARTS) is 1. The molecule has 8 heteroatoms. The van der Waals surface area contributed by atoms with Crippen molar-refractivity contribution >= 4 is 17.9 Å². The third-order valence-electron chi connectivity index (χ3n) is 7.09. The number of quaternary nitrogens is 1. The number of unbranched alkanes of at least 4 members (excludes halogenated alkanes) is 10. The number of rotatable bonds is 28. The summed E-state index contributed by atoms with van der Waals surface area (Å²) in [7, 11) is 5.48. The zero-order valence-electron chi connectivity index (χ0n) is 27.5. The van der Waals surface area contributed by atoms with Crippen molar-refractivity contribution in [2.24, 2.45) is 0 Å². The number of hydrogen-bond acceptors (Lipinski definition) is 6. The van der Waals surface area contributed by atoms with Crippen LogP contribution >= 0.6 is 0 Å². The predicted octanol–water partition coefficient (Wildman–Crippen LogP) is 7.40. The molecule has 0 saturated carbocycles. The van der Waals surface area contributed by atoms with Crippen LogP contribution in [0.1, 0.15) is 123 Å². The Hall–Kier alpha value is -2.19. The van der Waals surface area contributed by atoms with Gasteiger partial charge in [0.2, 0.25) is 0 Å². The van der Waals surface area contributed by atoms with Crippen LogP contribution in [0.2, 0.25) is 0 Å². The number of ether oxygens (including phenoxy) is 3. The van der Waals surface area contributed by atoms with Crippen molar-refractivity contribution in [1.82, 2.24) is 0 Å². The molecule has 8 nitrogen and oxygen atoms in total. The first-order chi connectivity index (χ1) is 20.1. The summed E-state index contributed by atoms with van der Waals surface area (Å²) in [5.74, 6) is -1.56. The third-order valence-corrected chi connectivity index (χ3v) is 7.09. The van der Waals surface area contributed by atoms with Gasteiger partial charge < -0.3 is 23.8 Å². The minimum absolute atomic E-state index is 0.0439. The molecular weight excluding hydrogens is 534 g/mol. The van der Waals surface area contributed by atoms with Crippen LogP contribution in [0.5, 0.6) is 0 Å². The summed E-state index contributed by atoms with van der Waals surface area (Å²) in [5.41, 5.74) is 0. The van der Waals surface area contributed by atoms with Crippen LogP contribution < -0.4 is 0 Å². The Balaban J connectivity index is 4.52. The van der Waals surface area contributed by atoms with Crippen LogP contribution in [0, 0.1) is 0 Å². The Morgan fingerprint density at radius 2 is 1.26 bits per heavy atom. The van der Waals surface area contributed by atoms with Gasteiger partial charge in [0.05, 0.1) is 34.4 Å². The lowest BCUT2D eigenvalue weighted by molar-refractivity contribution is -0.887. The van der Waals surface area contributed by atoms with E-state index in [0.29, 0.717) is 19.3 Å². The fourth-order valence-electron chi connectivity index (χ4n) is 4.44. The second-order valence-electron chi connectivity index (χ2n) is 12.1. The molecular formula is C34H62NO7+. The molecule has 0 fully saturated rings. The maximum Gasteiger partial charge on any atom is 0.362 e. The minimum Gasteiger partial charge on any atom is -0.477 e. The molecule has 0 aromatic heterocycles. The van der Waals surface area contributed by atoms with E-state index >= 15 is 0 Å². The summed E-state index contributed by atoms with van der Waals surface area (Å²) in [6.07, 6.45) is 23.9. The van der Waals surface area contributed by atoms with Gasteiger partial charge in [-0.3, -0.25) is 9.59 Å². The van der Waals surface area contributed by atoms with Gasteiger partial charge in [-0.1, -0.05) is 83.1 Å². The smallest absolute Gasteiger partial charge is 0.362 e. The Labute approximate surface area is 256 Å². The van der Waals surface area contributed by atoms with Gasteiger partial charge >= 0.3 is 17.9 Å². The molecule has 0 amide bonds. The average Bonchev–Trinajstić information content (AvgIpc) is 2.92. The Bertz CT molecular complexity index is 757. The summed E-state index contributed by atoms with van der Waals surface area (Å²) in [5, 5.41) is 9.52. The molecule has 0 spiro atoms. The predicted molar refractivity (Wildman–Crippen MR) is 169 cm³/mol. The maximum atomic E-state index is 12.4. The molecule has 0 aromatic rings. The van der Waals surface area contributed by atoms with Gasteiger partial charge in [-0.05, 0) is 44.9 Å². The number of aliphatic carboxylic acids is 1. The van der Waals surface area contributed by atoms with Gasteiger partial charge in [0.1, 0.15) is 6.61 Å². The Kier molecular flexibility index (Phi) is 25.1. The third kappa shape index (κ3) is 24.4. The van der Waals surface area contributed by atoms with Gasteiger partial charge in [-0.2, -0.15) is 0 Å².